The van der Waals surface area contributed by atoms with Crippen LogP contribution in [0.15, 0.2) is 53.4 Å². The van der Waals surface area contributed by atoms with Gasteiger partial charge in [0.15, 0.2) is 0 Å². The Labute approximate surface area is 140 Å². The second-order valence-electron chi connectivity index (χ2n) is 5.91. The molecule has 1 heterocycles. The molecule has 1 fully saturated rings. The Morgan fingerprint density at radius 1 is 1.00 bits per heavy atom. The zero-order valence-electron chi connectivity index (χ0n) is 13.2. The van der Waals surface area contributed by atoms with Gasteiger partial charge in [0.25, 0.3) is 0 Å². The van der Waals surface area contributed by atoms with E-state index in [1.54, 1.807) is 0 Å². The van der Waals surface area contributed by atoms with Crippen LogP contribution < -0.4 is 0 Å². The molecule has 0 saturated carbocycles. The van der Waals surface area contributed by atoms with Gasteiger partial charge in [0.2, 0.25) is 10.0 Å². The number of hydrogen-bond acceptors (Lipinski definition) is 3. The Bertz CT molecular complexity index is 807. The summed E-state index contributed by atoms with van der Waals surface area (Å²) in [5.74, 6) is -1.81. The molecule has 128 valence electrons. The second kappa shape index (κ2) is 6.58. The third-order valence-corrected chi connectivity index (χ3v) is 6.05. The van der Waals surface area contributed by atoms with Crippen LogP contribution in [0.2, 0.25) is 0 Å². The van der Waals surface area contributed by atoms with Crippen molar-refractivity contribution in [1.29, 1.82) is 0 Å². The summed E-state index contributed by atoms with van der Waals surface area (Å²) in [7, 11) is -2.08. The molecule has 0 amide bonds. The average molecular weight is 352 g/mol. The Hall–Kier alpha value is -1.83. The van der Waals surface area contributed by atoms with Crippen LogP contribution >= 0.6 is 0 Å². The van der Waals surface area contributed by atoms with Crippen molar-refractivity contribution in [3.8, 4) is 0 Å². The molecule has 1 saturated heterocycles. The van der Waals surface area contributed by atoms with E-state index in [1.165, 1.54) is 4.31 Å². The first-order valence-corrected chi connectivity index (χ1v) is 9.03. The van der Waals surface area contributed by atoms with Gasteiger partial charge in [-0.3, -0.25) is 0 Å². The Balaban J connectivity index is 2.03. The van der Waals surface area contributed by atoms with Crippen LogP contribution in [-0.4, -0.2) is 44.3 Å². The van der Waals surface area contributed by atoms with E-state index in [1.807, 2.05) is 42.3 Å². The summed E-state index contributed by atoms with van der Waals surface area (Å²) in [6.45, 7) is 1.33. The molecule has 1 atom stereocenters. The van der Waals surface area contributed by atoms with Gasteiger partial charge in [-0.2, -0.15) is 4.31 Å². The Kier molecular flexibility index (Phi) is 4.67. The topological polar surface area (TPSA) is 40.6 Å². The van der Waals surface area contributed by atoms with Crippen LogP contribution in [-0.2, 0) is 10.0 Å². The van der Waals surface area contributed by atoms with Gasteiger partial charge in [0.1, 0.15) is 11.6 Å². The van der Waals surface area contributed by atoms with Crippen LogP contribution in [0.1, 0.15) is 11.6 Å². The van der Waals surface area contributed by atoms with Crippen LogP contribution in [0, 0.1) is 11.6 Å². The number of hydrogen-bond donors (Lipinski definition) is 0. The first-order chi connectivity index (χ1) is 11.4. The van der Waals surface area contributed by atoms with E-state index < -0.39 is 27.7 Å². The number of benzene rings is 2. The molecule has 2 aromatic rings. The van der Waals surface area contributed by atoms with Crippen molar-refractivity contribution in [2.24, 2.45) is 0 Å². The maximum absolute atomic E-state index is 13.5. The van der Waals surface area contributed by atoms with E-state index in [4.69, 9.17) is 0 Å². The van der Waals surface area contributed by atoms with Crippen molar-refractivity contribution < 1.29 is 17.2 Å². The van der Waals surface area contributed by atoms with E-state index in [0.717, 1.165) is 17.7 Å². The minimum Gasteiger partial charge on any atom is -0.303 e. The number of sulfonamides is 1. The maximum atomic E-state index is 13.5. The normalized spacial score (nSPS) is 20.2. The molecule has 0 aliphatic carbocycles. The molecule has 0 bridgehead atoms. The van der Waals surface area contributed by atoms with Crippen molar-refractivity contribution in [2.45, 2.75) is 10.9 Å². The van der Waals surface area contributed by atoms with Gasteiger partial charge in [-0.15, -0.1) is 0 Å². The maximum Gasteiger partial charge on any atom is 0.243 e. The van der Waals surface area contributed by atoms with Crippen molar-refractivity contribution in [3.05, 3.63) is 65.7 Å². The highest BCUT2D eigenvalue weighted by Crippen LogP contribution is 2.31. The van der Waals surface area contributed by atoms with E-state index in [-0.39, 0.29) is 11.4 Å². The van der Waals surface area contributed by atoms with Crippen molar-refractivity contribution in [2.75, 3.05) is 26.7 Å². The first kappa shape index (κ1) is 17.0. The number of halogens is 2. The van der Waals surface area contributed by atoms with Crippen LogP contribution in [0.3, 0.4) is 0 Å². The standard InChI is InChI=1S/C17H18F2N2O2S/c1-20-7-8-21(17(12-20)13-5-3-2-4-6-13)24(22,23)16-10-14(18)9-15(19)11-16/h2-6,9-11,17H,7-8,12H2,1H3. The molecule has 7 heteroatoms. The molecular formula is C17H18F2N2O2S. The summed E-state index contributed by atoms with van der Waals surface area (Å²) in [6.07, 6.45) is 0. The fourth-order valence-corrected chi connectivity index (χ4v) is 4.59. The molecule has 1 aliphatic rings. The molecule has 2 aromatic carbocycles. The smallest absolute Gasteiger partial charge is 0.243 e. The minimum absolute atomic E-state index is 0.260. The third-order valence-electron chi connectivity index (χ3n) is 4.16. The van der Waals surface area contributed by atoms with Gasteiger partial charge in [-0.05, 0) is 24.7 Å². The monoisotopic (exact) mass is 352 g/mol. The highest BCUT2D eigenvalue weighted by Gasteiger charge is 2.36. The minimum atomic E-state index is -4.00. The van der Waals surface area contributed by atoms with Gasteiger partial charge < -0.3 is 4.90 Å². The summed E-state index contributed by atoms with van der Waals surface area (Å²) >= 11 is 0. The van der Waals surface area contributed by atoms with Crippen LogP contribution in [0.25, 0.3) is 0 Å². The molecule has 0 N–H and O–H groups in total. The lowest BCUT2D eigenvalue weighted by Crippen LogP contribution is -2.49. The highest BCUT2D eigenvalue weighted by atomic mass is 32.2. The fourth-order valence-electron chi connectivity index (χ4n) is 2.95. The van der Waals surface area contributed by atoms with Gasteiger partial charge in [0.05, 0.1) is 10.9 Å². The molecule has 4 nitrogen and oxygen atoms in total. The zero-order chi connectivity index (χ0) is 17.3. The summed E-state index contributed by atoms with van der Waals surface area (Å²) < 4.78 is 54.2. The highest BCUT2D eigenvalue weighted by molar-refractivity contribution is 7.89. The molecule has 0 spiro atoms. The molecule has 1 unspecified atom stereocenters. The second-order valence-corrected chi connectivity index (χ2v) is 7.80. The van der Waals surface area contributed by atoms with Crippen molar-refractivity contribution >= 4 is 10.0 Å². The average Bonchev–Trinajstić information content (AvgIpc) is 2.54. The van der Waals surface area contributed by atoms with Crippen molar-refractivity contribution in [3.63, 3.8) is 0 Å². The van der Waals surface area contributed by atoms with E-state index in [9.17, 15) is 17.2 Å². The molecular weight excluding hydrogens is 334 g/mol. The molecule has 3 rings (SSSR count). The lowest BCUT2D eigenvalue weighted by atomic mass is 10.1. The van der Waals surface area contributed by atoms with Crippen molar-refractivity contribution in [1.82, 2.24) is 9.21 Å². The van der Waals surface area contributed by atoms with Crippen LogP contribution in [0.4, 0.5) is 8.78 Å². The Morgan fingerprint density at radius 3 is 2.25 bits per heavy atom. The van der Waals surface area contributed by atoms with Gasteiger partial charge >= 0.3 is 0 Å². The number of likely N-dealkylation sites (N-methyl/N-ethyl adjacent to an activating group) is 1. The van der Waals surface area contributed by atoms with Gasteiger partial charge in [0, 0.05) is 25.7 Å². The van der Waals surface area contributed by atoms with E-state index in [2.05, 4.69) is 0 Å². The Morgan fingerprint density at radius 2 is 1.62 bits per heavy atom. The SMILES string of the molecule is CN1CCN(S(=O)(=O)c2cc(F)cc(F)c2)C(c2ccccc2)C1. The molecule has 1 aliphatic heterocycles. The summed E-state index contributed by atoms with van der Waals surface area (Å²) in [5.41, 5.74) is 0.851. The van der Waals surface area contributed by atoms with E-state index >= 15 is 0 Å². The largest absolute Gasteiger partial charge is 0.303 e. The molecule has 0 radical (unpaired) electrons. The lowest BCUT2D eigenvalue weighted by Gasteiger charge is -2.39. The summed E-state index contributed by atoms with van der Waals surface area (Å²) in [5, 5.41) is 0. The quantitative estimate of drug-likeness (QED) is 0.853. The van der Waals surface area contributed by atoms with Gasteiger partial charge in [-0.1, -0.05) is 30.3 Å². The molecule has 24 heavy (non-hydrogen) atoms. The number of nitrogens with zero attached hydrogens (tertiary/aromatic N) is 2. The van der Waals surface area contributed by atoms with Gasteiger partial charge in [-0.25, -0.2) is 17.2 Å². The fraction of sp³-hybridized carbons (Fsp3) is 0.294. The first-order valence-electron chi connectivity index (χ1n) is 7.59. The predicted molar refractivity (Wildman–Crippen MR) is 86.9 cm³/mol. The predicted octanol–water partition coefficient (Wildman–Crippen LogP) is 2.64. The molecule has 0 aromatic heterocycles. The number of rotatable bonds is 3. The summed E-state index contributed by atoms with van der Waals surface area (Å²) in [6, 6.07) is 11.2. The van der Waals surface area contributed by atoms with Crippen LogP contribution in [0.5, 0.6) is 0 Å². The van der Waals surface area contributed by atoms with E-state index in [0.29, 0.717) is 19.2 Å². The third kappa shape index (κ3) is 3.33. The summed E-state index contributed by atoms with van der Waals surface area (Å²) in [4.78, 5) is 1.68. The zero-order valence-corrected chi connectivity index (χ0v) is 14.0. The number of piperazine rings is 1. The lowest BCUT2D eigenvalue weighted by molar-refractivity contribution is 0.160.